The third-order valence-electron chi connectivity index (χ3n) is 6.21. The van der Waals surface area contributed by atoms with Gasteiger partial charge in [-0.3, -0.25) is 19.4 Å². The number of aliphatic carboxylic acids is 1. The second kappa shape index (κ2) is 16.6. The molecule has 0 heterocycles. The Morgan fingerprint density at radius 2 is 1.24 bits per heavy atom. The van der Waals surface area contributed by atoms with Crippen LogP contribution < -0.4 is 33.2 Å². The first-order valence-corrected chi connectivity index (χ1v) is 13.2. The van der Waals surface area contributed by atoms with Gasteiger partial charge in [-0.1, -0.05) is 60.7 Å². The van der Waals surface area contributed by atoms with E-state index in [9.17, 15) is 29.4 Å². The third kappa shape index (κ3) is 11.6. The topological polar surface area (TPSA) is 235 Å². The van der Waals surface area contributed by atoms with E-state index in [1.807, 2.05) is 0 Å². The molecule has 0 radical (unpaired) electrons. The summed E-state index contributed by atoms with van der Waals surface area (Å²) >= 11 is 0. The molecule has 0 saturated heterocycles. The number of carboxylic acid groups (broad SMARTS) is 1. The molecule has 41 heavy (non-hydrogen) atoms. The molecule has 0 fully saturated rings. The number of aliphatic imine (C=N–C) groups is 1. The highest BCUT2D eigenvalue weighted by molar-refractivity contribution is 5.94. The summed E-state index contributed by atoms with van der Waals surface area (Å²) in [4.78, 5) is 55.2. The lowest BCUT2D eigenvalue weighted by Gasteiger charge is -2.26. The summed E-state index contributed by atoms with van der Waals surface area (Å²) in [5.74, 6) is -3.55. The Hall–Kier alpha value is -4.49. The number of carbonyl (C=O) groups excluding carboxylic acids is 3. The number of hydrogen-bond donors (Lipinski definition) is 8. The van der Waals surface area contributed by atoms with Gasteiger partial charge in [0.15, 0.2) is 5.96 Å². The van der Waals surface area contributed by atoms with E-state index in [1.165, 1.54) is 6.92 Å². The van der Waals surface area contributed by atoms with Crippen LogP contribution in [0.3, 0.4) is 0 Å². The number of rotatable bonds is 16. The van der Waals surface area contributed by atoms with Gasteiger partial charge in [0.1, 0.15) is 24.2 Å². The van der Waals surface area contributed by atoms with Crippen LogP contribution in [-0.2, 0) is 32.0 Å². The maximum Gasteiger partial charge on any atom is 0.326 e. The first-order valence-electron chi connectivity index (χ1n) is 13.2. The molecule has 0 aliphatic carbocycles. The van der Waals surface area contributed by atoms with Crippen LogP contribution in [0.1, 0.15) is 30.9 Å². The Balaban J connectivity index is 2.25. The van der Waals surface area contributed by atoms with Crippen molar-refractivity contribution in [3.63, 3.8) is 0 Å². The first-order chi connectivity index (χ1) is 19.5. The SMILES string of the molecule is CC(O)C(N)C(=O)NC(Cc1ccccc1)C(=O)NC(CCCN=C(N)N)C(=O)NC(Cc1ccccc1)C(=O)O. The van der Waals surface area contributed by atoms with Crippen molar-refractivity contribution in [1.82, 2.24) is 16.0 Å². The first kappa shape index (κ1) is 32.7. The zero-order chi connectivity index (χ0) is 30.4. The summed E-state index contributed by atoms with van der Waals surface area (Å²) in [6.07, 6.45) is -0.706. The standard InChI is InChI=1S/C28H39N7O6/c1-17(36)23(29)26(39)34-21(15-18-9-4-2-5-10-18)25(38)33-20(13-8-14-32-28(30)31)24(37)35-22(27(40)41)16-19-11-6-3-7-12-19/h2-7,9-12,17,20-23,36H,8,13-16,29H2,1H3,(H,33,38)(H,34,39)(H,35,37)(H,40,41)(H4,30,31,32). The fourth-order valence-corrected chi connectivity index (χ4v) is 3.91. The van der Waals surface area contributed by atoms with Crippen LogP contribution in [0.2, 0.25) is 0 Å². The van der Waals surface area contributed by atoms with Crippen molar-refractivity contribution in [2.45, 2.75) is 62.9 Å². The van der Waals surface area contributed by atoms with Gasteiger partial charge in [-0.2, -0.15) is 0 Å². The quantitative estimate of drug-likeness (QED) is 0.0685. The van der Waals surface area contributed by atoms with Gasteiger partial charge in [0.25, 0.3) is 0 Å². The van der Waals surface area contributed by atoms with Crippen molar-refractivity contribution < 1.29 is 29.4 Å². The minimum atomic E-state index is -1.28. The zero-order valence-corrected chi connectivity index (χ0v) is 22.9. The van der Waals surface area contributed by atoms with Crippen LogP contribution in [0.25, 0.3) is 0 Å². The van der Waals surface area contributed by atoms with Crippen LogP contribution in [-0.4, -0.2) is 76.7 Å². The Morgan fingerprint density at radius 1 is 0.780 bits per heavy atom. The van der Waals surface area contributed by atoms with Crippen LogP contribution in [0.15, 0.2) is 65.7 Å². The number of nitrogens with zero attached hydrogens (tertiary/aromatic N) is 1. The predicted molar refractivity (Wildman–Crippen MR) is 153 cm³/mol. The number of guanidine groups is 1. The molecule has 5 atom stereocenters. The number of aliphatic hydroxyl groups excluding tert-OH is 1. The van der Waals surface area contributed by atoms with E-state index in [4.69, 9.17) is 17.2 Å². The van der Waals surface area contributed by atoms with E-state index in [-0.39, 0.29) is 38.2 Å². The molecule has 0 saturated carbocycles. The summed E-state index contributed by atoms with van der Waals surface area (Å²) in [6.45, 7) is 1.52. The molecule has 222 valence electrons. The molecule has 11 N–H and O–H groups in total. The van der Waals surface area contributed by atoms with Gasteiger partial charge in [-0.05, 0) is 30.9 Å². The lowest BCUT2D eigenvalue weighted by atomic mass is 10.0. The molecular weight excluding hydrogens is 530 g/mol. The highest BCUT2D eigenvalue weighted by Gasteiger charge is 2.31. The molecule has 3 amide bonds. The lowest BCUT2D eigenvalue weighted by Crippen LogP contribution is -2.58. The number of nitrogens with one attached hydrogen (secondary N) is 3. The molecule has 2 aromatic rings. The Bertz CT molecular complexity index is 1170. The molecule has 0 aliphatic rings. The molecule has 0 spiro atoms. The Kier molecular flexibility index (Phi) is 13.2. The lowest BCUT2D eigenvalue weighted by molar-refractivity contribution is -0.142. The van der Waals surface area contributed by atoms with Crippen LogP contribution >= 0.6 is 0 Å². The smallest absolute Gasteiger partial charge is 0.326 e. The van der Waals surface area contributed by atoms with Gasteiger partial charge in [-0.25, -0.2) is 4.79 Å². The normalized spacial score (nSPS) is 14.4. The molecule has 0 bridgehead atoms. The summed E-state index contributed by atoms with van der Waals surface area (Å²) in [7, 11) is 0. The van der Waals surface area contributed by atoms with Gasteiger partial charge in [0, 0.05) is 19.4 Å². The van der Waals surface area contributed by atoms with E-state index in [2.05, 4.69) is 20.9 Å². The predicted octanol–water partition coefficient (Wildman–Crippen LogP) is -1.23. The second-order valence-electron chi connectivity index (χ2n) is 9.62. The van der Waals surface area contributed by atoms with E-state index >= 15 is 0 Å². The van der Waals surface area contributed by atoms with E-state index in [1.54, 1.807) is 60.7 Å². The minimum Gasteiger partial charge on any atom is -0.480 e. The number of amides is 3. The summed E-state index contributed by atoms with van der Waals surface area (Å²) in [5, 5.41) is 27.2. The van der Waals surface area contributed by atoms with Gasteiger partial charge < -0.3 is 43.4 Å². The molecule has 0 aromatic heterocycles. The van der Waals surface area contributed by atoms with E-state index in [0.29, 0.717) is 5.56 Å². The maximum absolute atomic E-state index is 13.4. The van der Waals surface area contributed by atoms with Gasteiger partial charge in [0.05, 0.1) is 6.10 Å². The molecule has 13 nitrogen and oxygen atoms in total. The highest BCUT2D eigenvalue weighted by atomic mass is 16.4. The fourth-order valence-electron chi connectivity index (χ4n) is 3.91. The number of hydrogen-bond acceptors (Lipinski definition) is 7. The van der Waals surface area contributed by atoms with Crippen molar-refractivity contribution in [3.8, 4) is 0 Å². The largest absolute Gasteiger partial charge is 0.480 e. The van der Waals surface area contributed by atoms with Crippen LogP contribution in [0, 0.1) is 0 Å². The summed E-state index contributed by atoms with van der Waals surface area (Å²) < 4.78 is 0. The number of carbonyl (C=O) groups is 4. The third-order valence-corrected chi connectivity index (χ3v) is 6.21. The van der Waals surface area contributed by atoms with Crippen molar-refractivity contribution >= 4 is 29.7 Å². The monoisotopic (exact) mass is 569 g/mol. The molecule has 0 aliphatic heterocycles. The van der Waals surface area contributed by atoms with Gasteiger partial charge in [0.2, 0.25) is 17.7 Å². The maximum atomic E-state index is 13.4. The average molecular weight is 570 g/mol. The Morgan fingerprint density at radius 3 is 1.73 bits per heavy atom. The van der Waals surface area contributed by atoms with Crippen molar-refractivity contribution in [2.75, 3.05) is 6.54 Å². The van der Waals surface area contributed by atoms with Crippen LogP contribution in [0.5, 0.6) is 0 Å². The van der Waals surface area contributed by atoms with Crippen molar-refractivity contribution in [3.05, 3.63) is 71.8 Å². The second-order valence-corrected chi connectivity index (χ2v) is 9.62. The molecule has 2 aromatic carbocycles. The van der Waals surface area contributed by atoms with Crippen molar-refractivity contribution in [1.29, 1.82) is 0 Å². The summed E-state index contributed by atoms with van der Waals surface area (Å²) in [5.41, 5.74) is 17.9. The van der Waals surface area contributed by atoms with E-state index < -0.39 is 54.0 Å². The van der Waals surface area contributed by atoms with Crippen molar-refractivity contribution in [2.24, 2.45) is 22.2 Å². The average Bonchev–Trinajstić information content (AvgIpc) is 2.94. The zero-order valence-electron chi connectivity index (χ0n) is 22.9. The van der Waals surface area contributed by atoms with E-state index in [0.717, 1.165) is 5.56 Å². The number of aliphatic hydroxyl groups is 1. The van der Waals surface area contributed by atoms with Gasteiger partial charge in [-0.15, -0.1) is 0 Å². The van der Waals surface area contributed by atoms with Gasteiger partial charge >= 0.3 is 5.97 Å². The fraction of sp³-hybridized carbons (Fsp3) is 0.393. The number of carboxylic acids is 1. The molecule has 2 rings (SSSR count). The molecule has 13 heteroatoms. The highest BCUT2D eigenvalue weighted by Crippen LogP contribution is 2.08. The molecular formula is C28H39N7O6. The minimum absolute atomic E-state index is 0.0283. The molecule has 5 unspecified atom stereocenters. The number of benzene rings is 2. The number of nitrogens with two attached hydrogens (primary N) is 3. The van der Waals surface area contributed by atoms with Crippen LogP contribution in [0.4, 0.5) is 0 Å². The summed E-state index contributed by atoms with van der Waals surface area (Å²) in [6, 6.07) is 12.8. The Labute approximate surface area is 238 Å².